The molecule has 3 heteroatoms. The van der Waals surface area contributed by atoms with Gasteiger partial charge < -0.3 is 9.32 Å². The fourth-order valence-electron chi connectivity index (χ4n) is 9.49. The first kappa shape index (κ1) is 35.7. The molecule has 286 valence electrons. The van der Waals surface area contributed by atoms with Gasteiger partial charge in [-0.05, 0) is 117 Å². The summed E-state index contributed by atoms with van der Waals surface area (Å²) in [5.41, 5.74) is 15.5. The van der Waals surface area contributed by atoms with E-state index >= 15 is 0 Å². The van der Waals surface area contributed by atoms with Crippen molar-refractivity contribution in [3.63, 3.8) is 0 Å². The van der Waals surface area contributed by atoms with Crippen molar-refractivity contribution in [2.45, 2.75) is 51.4 Å². The Bertz CT molecular complexity index is 3200. The molecule has 10 aromatic rings. The van der Waals surface area contributed by atoms with Crippen molar-refractivity contribution in [3.05, 3.63) is 187 Å². The van der Waals surface area contributed by atoms with E-state index in [1.807, 2.05) is 11.3 Å². The third kappa shape index (κ3) is 6.07. The first-order valence-electron chi connectivity index (χ1n) is 20.8. The maximum absolute atomic E-state index is 6.76. The van der Waals surface area contributed by atoms with Gasteiger partial charge in [0.15, 0.2) is 0 Å². The summed E-state index contributed by atoms with van der Waals surface area (Å²) < 4.78 is 9.36. The number of furan rings is 1. The standard InChI is InChI=1S/C56H45NOS/c1-55(2)30-31-56(3,4)50-35-51-48(34-49(50)55)47-18-11-17-44(54(47)58-51)39-22-20-37(21-23-39)38-24-26-41(27-25-38)57(42-15-10-14-40(32-42)36-12-6-5-7-13-36)43-28-29-46-45-16-8-9-19-52(45)59-53(46)33-43/h5-29,32-35H,30-31H2,1-4H3. The van der Waals surface area contributed by atoms with Crippen LogP contribution in [0.1, 0.15) is 51.7 Å². The van der Waals surface area contributed by atoms with Gasteiger partial charge >= 0.3 is 0 Å². The van der Waals surface area contributed by atoms with E-state index in [0.717, 1.165) is 39.4 Å². The molecule has 2 aromatic heterocycles. The molecule has 1 aliphatic carbocycles. The van der Waals surface area contributed by atoms with Gasteiger partial charge in [0, 0.05) is 53.6 Å². The van der Waals surface area contributed by atoms with Crippen LogP contribution in [-0.2, 0) is 10.8 Å². The Labute approximate surface area is 350 Å². The van der Waals surface area contributed by atoms with Crippen LogP contribution in [0.2, 0.25) is 0 Å². The van der Waals surface area contributed by atoms with Gasteiger partial charge in [-0.1, -0.05) is 149 Å². The van der Waals surface area contributed by atoms with Gasteiger partial charge in [0.2, 0.25) is 0 Å². The smallest absolute Gasteiger partial charge is 0.143 e. The van der Waals surface area contributed by atoms with Crippen LogP contribution in [0.15, 0.2) is 180 Å². The monoisotopic (exact) mass is 779 g/mol. The highest BCUT2D eigenvalue weighted by molar-refractivity contribution is 7.25. The van der Waals surface area contributed by atoms with Crippen molar-refractivity contribution < 1.29 is 4.42 Å². The molecule has 0 fully saturated rings. The molecule has 0 atom stereocenters. The molecule has 1 aliphatic rings. The number of thiophene rings is 1. The quantitative estimate of drug-likeness (QED) is 0.167. The second-order valence-electron chi connectivity index (χ2n) is 17.6. The van der Waals surface area contributed by atoms with E-state index < -0.39 is 0 Å². The zero-order valence-corrected chi connectivity index (χ0v) is 34.7. The van der Waals surface area contributed by atoms with Crippen LogP contribution in [0.3, 0.4) is 0 Å². The summed E-state index contributed by atoms with van der Waals surface area (Å²) in [6.45, 7) is 9.54. The Morgan fingerprint density at radius 1 is 0.424 bits per heavy atom. The Kier molecular flexibility index (Phi) is 8.22. The predicted octanol–water partition coefficient (Wildman–Crippen LogP) is 16.8. The van der Waals surface area contributed by atoms with Crippen molar-refractivity contribution in [2.24, 2.45) is 0 Å². The summed E-state index contributed by atoms with van der Waals surface area (Å²) in [5, 5.41) is 5.01. The molecule has 0 radical (unpaired) electrons. The second kappa shape index (κ2) is 13.6. The number of benzene rings is 8. The summed E-state index contributed by atoms with van der Waals surface area (Å²) in [7, 11) is 0. The lowest BCUT2D eigenvalue weighted by atomic mass is 9.63. The van der Waals surface area contributed by atoms with Crippen LogP contribution >= 0.6 is 11.3 Å². The molecule has 8 aromatic carbocycles. The molecule has 2 heterocycles. The van der Waals surface area contributed by atoms with Crippen LogP contribution in [0.5, 0.6) is 0 Å². The van der Waals surface area contributed by atoms with Crippen LogP contribution in [-0.4, -0.2) is 0 Å². The lowest BCUT2D eigenvalue weighted by molar-refractivity contribution is 0.332. The van der Waals surface area contributed by atoms with Gasteiger partial charge in [-0.3, -0.25) is 0 Å². The highest BCUT2D eigenvalue weighted by Crippen LogP contribution is 2.49. The molecule has 0 spiro atoms. The third-order valence-electron chi connectivity index (χ3n) is 13.0. The van der Waals surface area contributed by atoms with E-state index in [1.165, 1.54) is 77.2 Å². The highest BCUT2D eigenvalue weighted by Gasteiger charge is 2.38. The highest BCUT2D eigenvalue weighted by atomic mass is 32.1. The second-order valence-corrected chi connectivity index (χ2v) is 18.7. The zero-order chi connectivity index (χ0) is 39.9. The normalized spacial score (nSPS) is 14.6. The summed E-state index contributed by atoms with van der Waals surface area (Å²) in [6, 6.07) is 64.4. The molecule has 2 nitrogen and oxygen atoms in total. The van der Waals surface area contributed by atoms with E-state index in [1.54, 1.807) is 0 Å². The minimum absolute atomic E-state index is 0.134. The lowest BCUT2D eigenvalue weighted by Crippen LogP contribution is -2.33. The molecular formula is C56H45NOS. The van der Waals surface area contributed by atoms with Crippen LogP contribution < -0.4 is 4.90 Å². The Morgan fingerprint density at radius 3 is 1.78 bits per heavy atom. The minimum atomic E-state index is 0.134. The van der Waals surface area contributed by atoms with E-state index in [9.17, 15) is 0 Å². The number of hydrogen-bond donors (Lipinski definition) is 0. The number of hydrogen-bond acceptors (Lipinski definition) is 3. The molecule has 0 bridgehead atoms. The topological polar surface area (TPSA) is 16.4 Å². The lowest BCUT2D eigenvalue weighted by Gasteiger charge is -2.41. The van der Waals surface area contributed by atoms with Gasteiger partial charge in [0.05, 0.1) is 0 Å². The minimum Gasteiger partial charge on any atom is -0.455 e. The largest absolute Gasteiger partial charge is 0.455 e. The van der Waals surface area contributed by atoms with Crippen molar-refractivity contribution in [2.75, 3.05) is 4.90 Å². The predicted molar refractivity (Wildman–Crippen MR) is 253 cm³/mol. The van der Waals surface area contributed by atoms with Crippen LogP contribution in [0.4, 0.5) is 17.1 Å². The van der Waals surface area contributed by atoms with Gasteiger partial charge in [-0.25, -0.2) is 0 Å². The SMILES string of the molecule is CC1(C)CCC(C)(C)c2cc3c(cc21)oc1c(-c2ccc(-c4ccc(N(c5cccc(-c6ccccc6)c5)c5ccc6c(c5)sc5ccccc56)cc4)cc2)cccc13. The molecule has 0 N–H and O–H groups in total. The Hall–Kier alpha value is -6.42. The maximum Gasteiger partial charge on any atom is 0.143 e. The molecule has 59 heavy (non-hydrogen) atoms. The summed E-state index contributed by atoms with van der Waals surface area (Å²) in [4.78, 5) is 2.38. The van der Waals surface area contributed by atoms with Crippen LogP contribution in [0.25, 0.3) is 75.5 Å². The number of fused-ring (bicyclic) bond motifs is 7. The summed E-state index contributed by atoms with van der Waals surface area (Å²) >= 11 is 1.86. The molecular weight excluding hydrogens is 735 g/mol. The summed E-state index contributed by atoms with van der Waals surface area (Å²) in [5.74, 6) is 0. The molecule has 11 rings (SSSR count). The van der Waals surface area contributed by atoms with Gasteiger partial charge in [-0.15, -0.1) is 11.3 Å². The maximum atomic E-state index is 6.76. The van der Waals surface area contributed by atoms with E-state index in [0.29, 0.717) is 0 Å². The molecule has 0 saturated heterocycles. The number of para-hydroxylation sites is 1. The van der Waals surface area contributed by atoms with Crippen molar-refractivity contribution in [3.8, 4) is 33.4 Å². The first-order valence-corrected chi connectivity index (χ1v) is 21.6. The van der Waals surface area contributed by atoms with Gasteiger partial charge in [0.1, 0.15) is 11.2 Å². The molecule has 0 amide bonds. The van der Waals surface area contributed by atoms with Crippen molar-refractivity contribution in [1.82, 2.24) is 0 Å². The average Bonchev–Trinajstić information content (AvgIpc) is 3.84. The van der Waals surface area contributed by atoms with E-state index in [2.05, 4.69) is 209 Å². The number of nitrogens with zero attached hydrogens (tertiary/aromatic N) is 1. The average molecular weight is 780 g/mol. The van der Waals surface area contributed by atoms with E-state index in [4.69, 9.17) is 4.42 Å². The fraction of sp³-hybridized carbons (Fsp3) is 0.143. The fourth-order valence-corrected chi connectivity index (χ4v) is 10.6. The van der Waals surface area contributed by atoms with Gasteiger partial charge in [-0.2, -0.15) is 0 Å². The Morgan fingerprint density at radius 2 is 1.00 bits per heavy atom. The van der Waals surface area contributed by atoms with Gasteiger partial charge in [0.25, 0.3) is 0 Å². The van der Waals surface area contributed by atoms with E-state index in [-0.39, 0.29) is 10.8 Å². The number of rotatable bonds is 6. The first-order chi connectivity index (χ1) is 28.7. The van der Waals surface area contributed by atoms with Crippen molar-refractivity contribution in [1.29, 1.82) is 0 Å². The molecule has 0 unspecified atom stereocenters. The third-order valence-corrected chi connectivity index (χ3v) is 14.1. The summed E-state index contributed by atoms with van der Waals surface area (Å²) in [6.07, 6.45) is 2.38. The zero-order valence-electron chi connectivity index (χ0n) is 33.9. The number of anilines is 3. The molecule has 0 saturated carbocycles. The Balaban J connectivity index is 0.948. The van der Waals surface area contributed by atoms with Crippen molar-refractivity contribution >= 4 is 70.5 Å². The van der Waals surface area contributed by atoms with Crippen LogP contribution in [0, 0.1) is 0 Å². The molecule has 0 aliphatic heterocycles.